The molecule has 0 saturated heterocycles. The average molecular weight is 208 g/mol. The average Bonchev–Trinajstić information content (AvgIpc) is 2.14. The van der Waals surface area contributed by atoms with Gasteiger partial charge in [0.25, 0.3) is 0 Å². The van der Waals surface area contributed by atoms with E-state index in [1.807, 2.05) is 0 Å². The summed E-state index contributed by atoms with van der Waals surface area (Å²) in [7, 11) is 0. The molecule has 3 heteroatoms. The van der Waals surface area contributed by atoms with Gasteiger partial charge in [0.15, 0.2) is 0 Å². The summed E-state index contributed by atoms with van der Waals surface area (Å²) in [5, 5.41) is 3.44. The first-order valence-corrected chi connectivity index (χ1v) is 5.41. The van der Waals surface area contributed by atoms with Crippen LogP contribution in [0.2, 0.25) is 0 Å². The Kier molecular flexibility index (Phi) is 3.58. The molecule has 0 spiro atoms. The minimum Gasteiger partial charge on any atom is -0.323 e. The zero-order chi connectivity index (χ0) is 10.6. The van der Waals surface area contributed by atoms with Crippen molar-refractivity contribution < 1.29 is 0 Å². The van der Waals surface area contributed by atoms with Crippen LogP contribution < -0.4 is 5.84 Å². The van der Waals surface area contributed by atoms with E-state index in [-0.39, 0.29) is 5.41 Å². The summed E-state index contributed by atoms with van der Waals surface area (Å²) in [5.74, 6) is 5.02. The van der Waals surface area contributed by atoms with E-state index in [0.29, 0.717) is 0 Å². The van der Waals surface area contributed by atoms with Gasteiger partial charge in [-0.1, -0.05) is 44.7 Å². The lowest BCUT2D eigenvalue weighted by Crippen LogP contribution is -2.10. The summed E-state index contributed by atoms with van der Waals surface area (Å²) in [5.41, 5.74) is 3.18. The highest BCUT2D eigenvalue weighted by molar-refractivity contribution is 8.12. The maximum Gasteiger partial charge on any atom is 0.0842 e. The van der Waals surface area contributed by atoms with Gasteiger partial charge in [0.1, 0.15) is 0 Å². The zero-order valence-corrected chi connectivity index (χ0v) is 9.64. The number of nitrogens with two attached hydrogens (primary N) is 1. The van der Waals surface area contributed by atoms with Crippen molar-refractivity contribution in [2.75, 3.05) is 0 Å². The monoisotopic (exact) mass is 208 g/mol. The standard InChI is InChI=1S/C11H16N2S/c1-11(2,3)9-4-6-10(7-5-9)14-8-13-12/h4-8H,12H2,1-3H3/b13-8+. The Bertz CT molecular complexity index is 309. The fourth-order valence-corrected chi connectivity index (χ4v) is 1.60. The lowest BCUT2D eigenvalue weighted by atomic mass is 9.87. The topological polar surface area (TPSA) is 38.4 Å². The van der Waals surface area contributed by atoms with Crippen LogP contribution in [0, 0.1) is 0 Å². The van der Waals surface area contributed by atoms with E-state index in [1.54, 1.807) is 5.55 Å². The maximum atomic E-state index is 5.02. The molecule has 1 aromatic rings. The molecule has 76 valence electrons. The van der Waals surface area contributed by atoms with Crippen molar-refractivity contribution in [2.45, 2.75) is 31.1 Å². The summed E-state index contributed by atoms with van der Waals surface area (Å²) < 4.78 is 0. The number of benzene rings is 1. The Morgan fingerprint density at radius 3 is 2.21 bits per heavy atom. The molecule has 0 aliphatic rings. The van der Waals surface area contributed by atoms with Gasteiger partial charge in [0.2, 0.25) is 0 Å². The van der Waals surface area contributed by atoms with Crippen LogP contribution in [0.3, 0.4) is 0 Å². The first-order valence-electron chi connectivity index (χ1n) is 4.53. The minimum absolute atomic E-state index is 0.213. The molecule has 0 radical (unpaired) electrons. The Morgan fingerprint density at radius 1 is 1.21 bits per heavy atom. The molecule has 0 saturated carbocycles. The largest absolute Gasteiger partial charge is 0.323 e. The predicted molar refractivity (Wildman–Crippen MR) is 63.7 cm³/mol. The molecule has 1 rings (SSSR count). The van der Waals surface area contributed by atoms with Crippen LogP contribution in [-0.4, -0.2) is 5.55 Å². The highest BCUT2D eigenvalue weighted by Gasteiger charge is 2.12. The fraction of sp³-hybridized carbons (Fsp3) is 0.364. The van der Waals surface area contributed by atoms with Gasteiger partial charge in [0.05, 0.1) is 5.55 Å². The molecule has 0 aliphatic carbocycles. The van der Waals surface area contributed by atoms with Crippen molar-refractivity contribution in [3.63, 3.8) is 0 Å². The molecular weight excluding hydrogens is 192 g/mol. The van der Waals surface area contributed by atoms with Crippen molar-refractivity contribution >= 4 is 17.3 Å². The Hall–Kier alpha value is -0.960. The second kappa shape index (κ2) is 4.51. The molecule has 0 bridgehead atoms. The number of nitrogens with zero attached hydrogens (tertiary/aromatic N) is 1. The van der Waals surface area contributed by atoms with Crippen LogP contribution in [-0.2, 0) is 5.41 Å². The Morgan fingerprint density at radius 2 is 1.79 bits per heavy atom. The normalized spacial score (nSPS) is 12.2. The molecule has 0 fully saturated rings. The molecule has 2 N–H and O–H groups in total. The lowest BCUT2D eigenvalue weighted by molar-refractivity contribution is 0.590. The summed E-state index contributed by atoms with van der Waals surface area (Å²) in [4.78, 5) is 1.16. The van der Waals surface area contributed by atoms with E-state index in [4.69, 9.17) is 5.84 Å². The van der Waals surface area contributed by atoms with Gasteiger partial charge in [-0.25, -0.2) is 0 Å². The van der Waals surface area contributed by atoms with Crippen molar-refractivity contribution in [3.8, 4) is 0 Å². The molecular formula is C11H16N2S. The second-order valence-corrected chi connectivity index (χ2v) is 5.06. The van der Waals surface area contributed by atoms with Crippen molar-refractivity contribution in [2.24, 2.45) is 10.9 Å². The number of hydrogen-bond donors (Lipinski definition) is 1. The summed E-state index contributed by atoms with van der Waals surface area (Å²) in [6.45, 7) is 6.61. The van der Waals surface area contributed by atoms with Gasteiger partial charge >= 0.3 is 0 Å². The van der Waals surface area contributed by atoms with Gasteiger partial charge in [-0.2, -0.15) is 5.10 Å². The smallest absolute Gasteiger partial charge is 0.0842 e. The van der Waals surface area contributed by atoms with E-state index in [0.717, 1.165) is 4.90 Å². The van der Waals surface area contributed by atoms with Crippen LogP contribution in [0.15, 0.2) is 34.3 Å². The second-order valence-electron chi connectivity index (χ2n) is 4.15. The van der Waals surface area contributed by atoms with Crippen molar-refractivity contribution in [1.82, 2.24) is 0 Å². The van der Waals surface area contributed by atoms with Crippen LogP contribution in [0.25, 0.3) is 0 Å². The highest BCUT2D eigenvalue weighted by Crippen LogP contribution is 2.24. The molecule has 0 aromatic heterocycles. The molecule has 0 aliphatic heterocycles. The van der Waals surface area contributed by atoms with Gasteiger partial charge < -0.3 is 5.84 Å². The van der Waals surface area contributed by atoms with Crippen molar-refractivity contribution in [3.05, 3.63) is 29.8 Å². The molecule has 2 nitrogen and oxygen atoms in total. The Balaban J connectivity index is 2.79. The third-order valence-electron chi connectivity index (χ3n) is 1.97. The third-order valence-corrected chi connectivity index (χ3v) is 2.74. The van der Waals surface area contributed by atoms with E-state index in [9.17, 15) is 0 Å². The number of rotatable bonds is 2. The van der Waals surface area contributed by atoms with Crippen LogP contribution in [0.5, 0.6) is 0 Å². The molecule has 0 heterocycles. The van der Waals surface area contributed by atoms with Gasteiger partial charge in [-0.05, 0) is 23.1 Å². The summed E-state index contributed by atoms with van der Waals surface area (Å²) in [6, 6.07) is 8.47. The zero-order valence-electron chi connectivity index (χ0n) is 8.82. The van der Waals surface area contributed by atoms with Crippen LogP contribution >= 0.6 is 11.8 Å². The van der Waals surface area contributed by atoms with Gasteiger partial charge in [-0.15, -0.1) is 0 Å². The van der Waals surface area contributed by atoms with E-state index in [2.05, 4.69) is 50.1 Å². The van der Waals surface area contributed by atoms with E-state index >= 15 is 0 Å². The lowest BCUT2D eigenvalue weighted by Gasteiger charge is -2.18. The van der Waals surface area contributed by atoms with E-state index in [1.165, 1.54) is 17.3 Å². The first kappa shape index (κ1) is 11.1. The molecule has 1 aromatic carbocycles. The predicted octanol–water partition coefficient (Wildman–Crippen LogP) is 2.98. The summed E-state index contributed by atoms with van der Waals surface area (Å²) >= 11 is 1.52. The van der Waals surface area contributed by atoms with E-state index < -0.39 is 0 Å². The first-order chi connectivity index (χ1) is 6.54. The molecule has 14 heavy (non-hydrogen) atoms. The van der Waals surface area contributed by atoms with Crippen LogP contribution in [0.1, 0.15) is 26.3 Å². The van der Waals surface area contributed by atoms with Gasteiger partial charge in [-0.3, -0.25) is 0 Å². The fourth-order valence-electron chi connectivity index (χ4n) is 1.12. The maximum absolute atomic E-state index is 5.02. The molecule has 0 amide bonds. The number of hydrazone groups is 1. The highest BCUT2D eigenvalue weighted by atomic mass is 32.2. The third kappa shape index (κ3) is 3.07. The Labute approximate surface area is 89.6 Å². The van der Waals surface area contributed by atoms with Gasteiger partial charge in [0, 0.05) is 4.90 Å². The molecule has 0 atom stereocenters. The SMILES string of the molecule is CC(C)(C)c1ccc(S/C=N/N)cc1. The van der Waals surface area contributed by atoms with Crippen LogP contribution in [0.4, 0.5) is 0 Å². The quantitative estimate of drug-likeness (QED) is 0.267. The molecule has 0 unspecified atom stereocenters. The summed E-state index contributed by atoms with van der Waals surface area (Å²) in [6.07, 6.45) is 0. The number of thioether (sulfide) groups is 1. The van der Waals surface area contributed by atoms with Crippen molar-refractivity contribution in [1.29, 1.82) is 0 Å². The minimum atomic E-state index is 0.213. The number of hydrogen-bond acceptors (Lipinski definition) is 3.